The molecule has 0 aliphatic heterocycles. The number of halogens is 4. The van der Waals surface area contributed by atoms with E-state index in [0.29, 0.717) is 0 Å². The van der Waals surface area contributed by atoms with E-state index in [2.05, 4.69) is 0 Å². The van der Waals surface area contributed by atoms with Gasteiger partial charge in [0.1, 0.15) is 0 Å². The minimum Gasteiger partial charge on any atom is -1.00 e. The Bertz CT molecular complexity index is 7.51. The maximum Gasteiger partial charge on any atom is 2.00 e. The Kier molecular flexibility index (Phi) is 1250. The number of hydrogen-bond donors (Lipinski definition) is 0. The van der Waals surface area contributed by atoms with E-state index in [-0.39, 0.29) is 85.3 Å². The summed E-state index contributed by atoms with van der Waals surface area (Å²) in [5.74, 6) is 0. The molecule has 0 saturated carbocycles. The number of rotatable bonds is 0. The van der Waals surface area contributed by atoms with Crippen molar-refractivity contribution < 1.29 is 18.8 Å². The van der Waals surface area contributed by atoms with E-state index in [1.54, 1.807) is 0 Å². The molecule has 0 atom stereocenters. The van der Waals surface area contributed by atoms with Gasteiger partial charge < -0.3 is 18.8 Å². The van der Waals surface area contributed by atoms with Gasteiger partial charge in [-0.15, -0.1) is 0 Å². The van der Waals surface area contributed by atoms with Crippen LogP contribution >= 0.6 is 0 Å². The zero-order valence-electron chi connectivity index (χ0n) is 2.72. The first kappa shape index (κ1) is 109. The summed E-state index contributed by atoms with van der Waals surface area (Å²) in [6.07, 6.45) is 0. The fourth-order valence-corrected chi connectivity index (χ4v) is 0. The van der Waals surface area contributed by atoms with Crippen LogP contribution in [0.4, 0.5) is 0 Å². The molecule has 36 valence electrons. The summed E-state index contributed by atoms with van der Waals surface area (Å²) >= 11 is 0. The molecular weight excluding hydrogens is 286 g/mol. The Morgan fingerprint density at radius 1 is 0.500 bits per heavy atom. The predicted molar refractivity (Wildman–Crippen MR) is 11.5 cm³/mol. The van der Waals surface area contributed by atoms with Crippen molar-refractivity contribution in [2.24, 2.45) is 0 Å². The Labute approximate surface area is 84.0 Å². The molecule has 0 aliphatic carbocycles. The Morgan fingerprint density at radius 3 is 0.500 bits per heavy atom. The summed E-state index contributed by atoms with van der Waals surface area (Å²) in [5, 5.41) is 0. The molecule has 0 aromatic rings. The topological polar surface area (TPSA) is 0 Å². The smallest absolute Gasteiger partial charge is 1.00 e. The third-order valence-corrected chi connectivity index (χ3v) is 0. The van der Waals surface area contributed by atoms with Gasteiger partial charge in [-0.3, -0.25) is 0 Å². The van der Waals surface area contributed by atoms with Gasteiger partial charge in [-0.2, -0.15) is 0 Å². The largest absolute Gasteiger partial charge is 2.00 e. The molecule has 0 aliphatic rings. The molecule has 6 heteroatoms. The summed E-state index contributed by atoms with van der Waals surface area (Å²) in [6, 6.07) is 0. The molecule has 0 nitrogen and oxygen atoms in total. The molecule has 0 saturated heterocycles. The van der Waals surface area contributed by atoms with Gasteiger partial charge in [-0.1, -0.05) is 0 Å². The molecule has 0 amide bonds. The fraction of sp³-hybridized carbons (Fsp3) is 0. The second-order valence-corrected chi connectivity index (χ2v) is 0. The summed E-state index contributed by atoms with van der Waals surface area (Å²) in [7, 11) is 0. The quantitative estimate of drug-likeness (QED) is 0.306. The van der Waals surface area contributed by atoms with E-state index in [1.807, 2.05) is 0 Å². The fourth-order valence-electron chi connectivity index (χ4n) is 0. The van der Waals surface area contributed by atoms with E-state index >= 15 is 0 Å². The molecule has 0 N–H and O–H groups in total. The zero-order valence-corrected chi connectivity index (χ0v) is 9.26. The molecule has 0 bridgehead atoms. The van der Waals surface area contributed by atoms with Crippen molar-refractivity contribution in [3.63, 3.8) is 0 Å². The molecule has 0 unspecified atom stereocenters. The van der Waals surface area contributed by atoms with Crippen molar-refractivity contribution >= 4 is 66.5 Å². The average Bonchev–Trinajstić information content (AvgIpc) is 0. The average molecular weight is 286 g/mol. The van der Waals surface area contributed by atoms with Gasteiger partial charge in [0.25, 0.3) is 0 Å². The summed E-state index contributed by atoms with van der Waals surface area (Å²) < 4.78 is 0. The minimum absolute atomic E-state index is 0. The molecule has 0 aromatic heterocycles. The molecule has 0 rings (SSSR count). The predicted octanol–water partition coefficient (Wildman–Crippen LogP) is -12.7. The molecule has 6 heavy (non-hydrogen) atoms. The van der Waals surface area contributed by atoms with E-state index in [9.17, 15) is 0 Å². The zero-order chi connectivity index (χ0) is 0. The van der Waals surface area contributed by atoms with E-state index in [4.69, 9.17) is 0 Å². The third-order valence-electron chi connectivity index (χ3n) is 0. The second-order valence-electron chi connectivity index (χ2n) is 0. The summed E-state index contributed by atoms with van der Waals surface area (Å²) in [5.41, 5.74) is 0. The van der Waals surface area contributed by atoms with Crippen LogP contribution in [-0.4, -0.2) is 66.5 Å². The Morgan fingerprint density at radius 2 is 0.500 bits per heavy atom. The molecule has 4 radical (unpaired) electrons. The van der Waals surface area contributed by atoms with E-state index < -0.39 is 0 Å². The molecule has 0 spiro atoms. The second kappa shape index (κ2) is 69.1. The van der Waals surface area contributed by atoms with Crippen molar-refractivity contribution in [1.82, 2.24) is 0 Å². The van der Waals surface area contributed by atoms with Crippen LogP contribution in [0.1, 0.15) is 0 Å². The Balaban J connectivity index is 0. The van der Waals surface area contributed by atoms with Crippen molar-refractivity contribution in [3.05, 3.63) is 0 Å². The number of hydrogen-bond acceptors (Lipinski definition) is 0. The maximum atomic E-state index is 0. The first-order valence-corrected chi connectivity index (χ1v) is 0. The van der Waals surface area contributed by atoms with Crippen LogP contribution in [0.25, 0.3) is 0 Å². The molecule has 0 aromatic carbocycles. The SMILES string of the molecule is [Ba+2].[F-].[F-].[F-].[F-].[Ge]. The van der Waals surface area contributed by atoms with Crippen LogP contribution in [0.2, 0.25) is 0 Å². The van der Waals surface area contributed by atoms with Gasteiger partial charge in [0.05, 0.1) is 0 Å². The van der Waals surface area contributed by atoms with Crippen LogP contribution in [0.3, 0.4) is 0 Å². The van der Waals surface area contributed by atoms with Crippen LogP contribution in [0, 0.1) is 0 Å². The minimum atomic E-state index is 0. The van der Waals surface area contributed by atoms with Gasteiger partial charge in [0, 0.05) is 17.6 Å². The molecule has 0 fully saturated rings. The van der Waals surface area contributed by atoms with Gasteiger partial charge >= 0.3 is 48.9 Å². The summed E-state index contributed by atoms with van der Waals surface area (Å²) in [6.45, 7) is 0. The van der Waals surface area contributed by atoms with Crippen molar-refractivity contribution in [2.75, 3.05) is 0 Å². The van der Waals surface area contributed by atoms with Crippen LogP contribution < -0.4 is 18.8 Å². The van der Waals surface area contributed by atoms with Gasteiger partial charge in [0.15, 0.2) is 0 Å². The molecule has 0 heterocycles. The van der Waals surface area contributed by atoms with Crippen molar-refractivity contribution in [2.45, 2.75) is 0 Å². The first-order chi connectivity index (χ1) is 0. The monoisotopic (exact) mass is 288 g/mol. The third kappa shape index (κ3) is 40.5. The molecular formula is BaF4Ge-2. The Hall–Kier alpha value is 1.83. The van der Waals surface area contributed by atoms with Crippen LogP contribution in [-0.2, 0) is 0 Å². The van der Waals surface area contributed by atoms with Crippen LogP contribution in [0.15, 0.2) is 0 Å². The first-order valence-electron chi connectivity index (χ1n) is 0. The van der Waals surface area contributed by atoms with Crippen LogP contribution in [0.5, 0.6) is 0 Å². The normalized spacial score (nSPS) is 0. The van der Waals surface area contributed by atoms with Gasteiger partial charge in [-0.25, -0.2) is 0 Å². The maximum absolute atomic E-state index is 0. The van der Waals surface area contributed by atoms with Crippen molar-refractivity contribution in [1.29, 1.82) is 0 Å². The van der Waals surface area contributed by atoms with Crippen molar-refractivity contribution in [3.8, 4) is 0 Å². The van der Waals surface area contributed by atoms with Gasteiger partial charge in [-0.05, 0) is 0 Å². The van der Waals surface area contributed by atoms with E-state index in [0.717, 1.165) is 0 Å². The van der Waals surface area contributed by atoms with E-state index in [1.165, 1.54) is 0 Å². The summed E-state index contributed by atoms with van der Waals surface area (Å²) in [4.78, 5) is 0. The standard InChI is InChI=1S/Ba.4FH.Ge/h;4*1H;/q+2;;;;;/p-4. The van der Waals surface area contributed by atoms with Gasteiger partial charge in [0.2, 0.25) is 0 Å².